The lowest BCUT2D eigenvalue weighted by molar-refractivity contribution is -0.137. The smallest absolute Gasteiger partial charge is 0.340 e. The van der Waals surface area contributed by atoms with Gasteiger partial charge in [0.1, 0.15) is 0 Å². The molecule has 0 N–H and O–H groups in total. The molecule has 2 heterocycles. The van der Waals surface area contributed by atoms with E-state index >= 15 is 0 Å². The van der Waals surface area contributed by atoms with Crippen LogP contribution in [0.5, 0.6) is 0 Å². The maximum absolute atomic E-state index is 12.7. The number of rotatable bonds is 7. The SMILES string of the molecule is O=C(CCCCC1CCSS1)N1CCN(S(=O)(=O)c2ccc(C(F)(F)F)cc2)CC1. The van der Waals surface area contributed by atoms with Crippen molar-refractivity contribution < 1.29 is 26.4 Å². The third kappa shape index (κ3) is 6.08. The lowest BCUT2D eigenvalue weighted by atomic mass is 10.1. The summed E-state index contributed by atoms with van der Waals surface area (Å²) in [4.78, 5) is 13.9. The van der Waals surface area contributed by atoms with E-state index in [-0.39, 0.29) is 23.9 Å². The molecule has 11 heteroatoms. The molecule has 0 aromatic heterocycles. The molecule has 0 spiro atoms. The highest BCUT2D eigenvalue weighted by Crippen LogP contribution is 2.40. The first-order valence-electron chi connectivity index (χ1n) is 9.91. The van der Waals surface area contributed by atoms with Gasteiger partial charge in [0, 0.05) is 43.6 Å². The predicted molar refractivity (Wildman–Crippen MR) is 114 cm³/mol. The van der Waals surface area contributed by atoms with E-state index in [9.17, 15) is 26.4 Å². The van der Waals surface area contributed by atoms with Crippen LogP contribution in [0.2, 0.25) is 0 Å². The molecule has 1 atom stereocenters. The maximum Gasteiger partial charge on any atom is 0.416 e. The summed E-state index contributed by atoms with van der Waals surface area (Å²) < 4.78 is 64.7. The van der Waals surface area contributed by atoms with E-state index < -0.39 is 21.8 Å². The zero-order valence-electron chi connectivity index (χ0n) is 16.4. The molecule has 168 valence electrons. The van der Waals surface area contributed by atoms with Gasteiger partial charge in [-0.1, -0.05) is 28.0 Å². The normalized spacial score (nSPS) is 21.2. The lowest BCUT2D eigenvalue weighted by Gasteiger charge is -2.34. The third-order valence-electron chi connectivity index (χ3n) is 5.30. The van der Waals surface area contributed by atoms with Crippen LogP contribution in [0, 0.1) is 0 Å². The fraction of sp³-hybridized carbons (Fsp3) is 0.632. The second-order valence-corrected chi connectivity index (χ2v) is 12.1. The van der Waals surface area contributed by atoms with Crippen LogP contribution in [0.4, 0.5) is 13.2 Å². The van der Waals surface area contributed by atoms with Crippen LogP contribution in [-0.2, 0) is 21.0 Å². The average molecular weight is 483 g/mol. The summed E-state index contributed by atoms with van der Waals surface area (Å²) in [5.74, 6) is 1.24. The van der Waals surface area contributed by atoms with Gasteiger partial charge in [-0.05, 0) is 43.5 Å². The summed E-state index contributed by atoms with van der Waals surface area (Å²) in [6.07, 6.45) is 0.180. The molecule has 1 amide bonds. The first-order valence-corrected chi connectivity index (χ1v) is 13.7. The molecule has 2 aliphatic rings. The van der Waals surface area contributed by atoms with Gasteiger partial charge in [-0.3, -0.25) is 4.79 Å². The molecule has 0 bridgehead atoms. The first-order chi connectivity index (χ1) is 14.2. The summed E-state index contributed by atoms with van der Waals surface area (Å²) in [6, 6.07) is 3.51. The minimum absolute atomic E-state index is 0.0371. The molecule has 30 heavy (non-hydrogen) atoms. The third-order valence-corrected chi connectivity index (χ3v) is 10.2. The van der Waals surface area contributed by atoms with E-state index in [0.29, 0.717) is 24.8 Å². The number of hydrogen-bond acceptors (Lipinski definition) is 5. The Labute approximate surface area is 183 Å². The van der Waals surface area contributed by atoms with Crippen molar-refractivity contribution >= 4 is 37.5 Å². The van der Waals surface area contributed by atoms with Gasteiger partial charge in [0.2, 0.25) is 15.9 Å². The quantitative estimate of drug-likeness (QED) is 0.430. The average Bonchev–Trinajstić information content (AvgIpc) is 3.24. The van der Waals surface area contributed by atoms with Crippen molar-refractivity contribution in [3.63, 3.8) is 0 Å². The maximum atomic E-state index is 12.7. The number of hydrogen-bond donors (Lipinski definition) is 0. The lowest BCUT2D eigenvalue weighted by Crippen LogP contribution is -2.50. The highest BCUT2D eigenvalue weighted by Gasteiger charge is 2.33. The highest BCUT2D eigenvalue weighted by molar-refractivity contribution is 8.77. The Morgan fingerprint density at radius 2 is 1.73 bits per heavy atom. The molecule has 3 rings (SSSR count). The zero-order chi connectivity index (χ0) is 21.8. The number of benzene rings is 1. The van der Waals surface area contributed by atoms with Crippen LogP contribution in [0.25, 0.3) is 0 Å². The summed E-state index contributed by atoms with van der Waals surface area (Å²) in [7, 11) is -0.0359. The van der Waals surface area contributed by atoms with E-state index in [1.165, 1.54) is 16.5 Å². The predicted octanol–water partition coefficient (Wildman–Crippen LogP) is 4.25. The van der Waals surface area contributed by atoms with Gasteiger partial charge in [0.25, 0.3) is 0 Å². The fourth-order valence-corrected chi connectivity index (χ4v) is 7.96. The Morgan fingerprint density at radius 1 is 1.07 bits per heavy atom. The second-order valence-electron chi connectivity index (χ2n) is 7.38. The molecule has 1 aromatic carbocycles. The largest absolute Gasteiger partial charge is 0.416 e. The minimum Gasteiger partial charge on any atom is -0.340 e. The first kappa shape index (κ1) is 23.7. The number of amides is 1. The van der Waals surface area contributed by atoms with Gasteiger partial charge in [0.05, 0.1) is 10.5 Å². The Kier molecular flexibility index (Phi) is 8.03. The Bertz CT molecular complexity index is 818. The number of sulfonamides is 1. The van der Waals surface area contributed by atoms with E-state index in [1.54, 1.807) is 4.90 Å². The van der Waals surface area contributed by atoms with Crippen molar-refractivity contribution in [1.82, 2.24) is 9.21 Å². The standard InChI is InChI=1S/C19H25F3N2O3S3/c20-19(21,22)15-5-7-17(8-6-15)30(26,27)24-12-10-23(11-13-24)18(25)4-2-1-3-16-9-14-28-29-16/h5-8,16H,1-4,9-14H2. The molecule has 0 saturated carbocycles. The van der Waals surface area contributed by atoms with Crippen molar-refractivity contribution in [2.24, 2.45) is 0 Å². The molecule has 0 radical (unpaired) electrons. The van der Waals surface area contributed by atoms with Crippen LogP contribution in [0.1, 0.15) is 37.7 Å². The van der Waals surface area contributed by atoms with Crippen LogP contribution in [-0.4, -0.2) is 60.7 Å². The summed E-state index contributed by atoms with van der Waals surface area (Å²) in [5, 5.41) is 0.698. The van der Waals surface area contributed by atoms with E-state index in [2.05, 4.69) is 0 Å². The van der Waals surface area contributed by atoms with Crippen LogP contribution >= 0.6 is 21.6 Å². The monoisotopic (exact) mass is 482 g/mol. The van der Waals surface area contributed by atoms with Gasteiger partial charge in [-0.25, -0.2) is 8.42 Å². The van der Waals surface area contributed by atoms with Crippen molar-refractivity contribution in [2.75, 3.05) is 31.9 Å². The van der Waals surface area contributed by atoms with E-state index in [4.69, 9.17) is 0 Å². The molecule has 2 saturated heterocycles. The van der Waals surface area contributed by atoms with Crippen molar-refractivity contribution in [2.45, 2.75) is 48.4 Å². The molecular formula is C19H25F3N2O3S3. The highest BCUT2D eigenvalue weighted by atomic mass is 33.1. The minimum atomic E-state index is -4.51. The second kappa shape index (κ2) is 10.1. The molecule has 2 aliphatic heterocycles. The van der Waals surface area contributed by atoms with Crippen molar-refractivity contribution in [3.8, 4) is 0 Å². The Balaban J connectivity index is 1.46. The van der Waals surface area contributed by atoms with Gasteiger partial charge < -0.3 is 4.90 Å². The van der Waals surface area contributed by atoms with Gasteiger partial charge >= 0.3 is 6.18 Å². The summed E-state index contributed by atoms with van der Waals surface area (Å²) in [5.41, 5.74) is -0.887. The molecule has 1 unspecified atom stereocenters. The van der Waals surface area contributed by atoms with Crippen molar-refractivity contribution in [1.29, 1.82) is 0 Å². The number of nitrogens with zero attached hydrogens (tertiary/aromatic N) is 2. The molecule has 5 nitrogen and oxygen atoms in total. The molecule has 2 fully saturated rings. The number of piperazine rings is 1. The van der Waals surface area contributed by atoms with Crippen LogP contribution < -0.4 is 0 Å². The number of carbonyl (C=O) groups is 1. The Morgan fingerprint density at radius 3 is 2.30 bits per heavy atom. The van der Waals surface area contributed by atoms with Crippen LogP contribution in [0.3, 0.4) is 0 Å². The molecule has 0 aliphatic carbocycles. The van der Waals surface area contributed by atoms with Crippen molar-refractivity contribution in [3.05, 3.63) is 29.8 Å². The number of unbranched alkanes of at least 4 members (excludes halogenated alkanes) is 1. The van der Waals surface area contributed by atoms with E-state index in [1.807, 2.05) is 21.6 Å². The van der Waals surface area contributed by atoms with E-state index in [0.717, 1.165) is 43.5 Å². The Hall–Kier alpha value is -0.910. The number of halogens is 3. The van der Waals surface area contributed by atoms with Gasteiger partial charge in [-0.15, -0.1) is 0 Å². The van der Waals surface area contributed by atoms with Gasteiger partial charge in [0.15, 0.2) is 0 Å². The van der Waals surface area contributed by atoms with Gasteiger partial charge in [-0.2, -0.15) is 17.5 Å². The summed E-state index contributed by atoms with van der Waals surface area (Å²) in [6.45, 7) is 0.887. The number of carbonyl (C=O) groups excluding carboxylic acids is 1. The fourth-order valence-electron chi connectivity index (χ4n) is 3.51. The topological polar surface area (TPSA) is 57.7 Å². The molecule has 1 aromatic rings. The number of alkyl halides is 3. The summed E-state index contributed by atoms with van der Waals surface area (Å²) >= 11 is 0. The zero-order valence-corrected chi connectivity index (χ0v) is 18.9. The molecular weight excluding hydrogens is 457 g/mol. The van der Waals surface area contributed by atoms with Crippen LogP contribution in [0.15, 0.2) is 29.2 Å².